The van der Waals surface area contributed by atoms with Gasteiger partial charge in [-0.15, -0.1) is 12.4 Å². The molecule has 30 heavy (non-hydrogen) atoms. The van der Waals surface area contributed by atoms with Crippen molar-refractivity contribution in [1.29, 1.82) is 0 Å². The van der Waals surface area contributed by atoms with E-state index < -0.39 is 0 Å². The molecule has 162 valence electrons. The van der Waals surface area contributed by atoms with Gasteiger partial charge in [0, 0.05) is 12.1 Å². The van der Waals surface area contributed by atoms with Gasteiger partial charge in [0.1, 0.15) is 0 Å². The molecule has 0 radical (unpaired) electrons. The molecule has 1 aliphatic rings. The Morgan fingerprint density at radius 1 is 1.03 bits per heavy atom. The number of carbonyl (C=O) groups is 2. The Morgan fingerprint density at radius 3 is 2.30 bits per heavy atom. The molecule has 1 unspecified atom stereocenters. The lowest BCUT2D eigenvalue weighted by molar-refractivity contribution is -0.122. The molecule has 0 aliphatic carbocycles. The number of piperidine rings is 1. The van der Waals surface area contributed by atoms with Gasteiger partial charge < -0.3 is 16.0 Å². The van der Waals surface area contributed by atoms with Crippen LogP contribution >= 0.6 is 12.4 Å². The van der Waals surface area contributed by atoms with Crippen LogP contribution < -0.4 is 16.0 Å². The molecule has 0 bridgehead atoms. The maximum atomic E-state index is 12.7. The highest BCUT2D eigenvalue weighted by molar-refractivity contribution is 5.94. The second-order valence-electron chi connectivity index (χ2n) is 8.34. The molecule has 1 atom stereocenters. The van der Waals surface area contributed by atoms with Crippen LogP contribution in [0.5, 0.6) is 0 Å². The van der Waals surface area contributed by atoms with Gasteiger partial charge in [0.25, 0.3) is 5.91 Å². The van der Waals surface area contributed by atoms with Gasteiger partial charge in [-0.3, -0.25) is 9.59 Å². The summed E-state index contributed by atoms with van der Waals surface area (Å²) in [5.41, 5.74) is 2.76. The van der Waals surface area contributed by atoms with E-state index in [1.165, 1.54) is 0 Å². The number of hydrogen-bond donors (Lipinski definition) is 3. The van der Waals surface area contributed by atoms with Crippen molar-refractivity contribution in [1.82, 2.24) is 16.0 Å². The maximum absolute atomic E-state index is 12.7. The van der Waals surface area contributed by atoms with Gasteiger partial charge in [-0.2, -0.15) is 0 Å². The van der Waals surface area contributed by atoms with Crippen LogP contribution in [0.25, 0.3) is 0 Å². The van der Waals surface area contributed by atoms with Gasteiger partial charge in [-0.1, -0.05) is 55.0 Å². The third-order valence-corrected chi connectivity index (χ3v) is 5.73. The number of nitrogens with one attached hydrogen (secondary N) is 3. The first-order valence-electron chi connectivity index (χ1n) is 10.4. The van der Waals surface area contributed by atoms with Crippen LogP contribution in [0.15, 0.2) is 54.6 Å². The lowest BCUT2D eigenvalue weighted by atomic mass is 9.81. The molecule has 5 nitrogen and oxygen atoms in total. The molecule has 2 aromatic carbocycles. The minimum Gasteiger partial charge on any atom is -0.355 e. The molecule has 2 aromatic rings. The number of halogens is 1. The first kappa shape index (κ1) is 23.9. The van der Waals surface area contributed by atoms with Crippen molar-refractivity contribution in [3.05, 3.63) is 71.3 Å². The summed E-state index contributed by atoms with van der Waals surface area (Å²) in [6.07, 6.45) is 2.33. The third kappa shape index (κ3) is 6.85. The fourth-order valence-corrected chi connectivity index (χ4v) is 3.66. The van der Waals surface area contributed by atoms with Crippen molar-refractivity contribution < 1.29 is 9.59 Å². The highest BCUT2D eigenvalue weighted by Gasteiger charge is 2.27. The Labute approximate surface area is 185 Å². The van der Waals surface area contributed by atoms with Gasteiger partial charge in [0.2, 0.25) is 5.91 Å². The van der Waals surface area contributed by atoms with Gasteiger partial charge in [-0.25, -0.2) is 0 Å². The fourth-order valence-electron chi connectivity index (χ4n) is 3.66. The summed E-state index contributed by atoms with van der Waals surface area (Å²) in [5, 5.41) is 9.49. The number of amides is 2. The smallest absolute Gasteiger partial charge is 0.251 e. The van der Waals surface area contributed by atoms with Crippen molar-refractivity contribution in [2.75, 3.05) is 19.6 Å². The van der Waals surface area contributed by atoms with Gasteiger partial charge in [-0.05, 0) is 56.0 Å². The van der Waals surface area contributed by atoms with E-state index in [1.807, 2.05) is 61.5 Å². The summed E-state index contributed by atoms with van der Waals surface area (Å²) in [6.45, 7) is 6.86. The Morgan fingerprint density at radius 2 is 1.67 bits per heavy atom. The Hall–Kier alpha value is -2.37. The Balaban J connectivity index is 0.00000320. The molecule has 1 fully saturated rings. The first-order valence-corrected chi connectivity index (χ1v) is 10.4. The Kier molecular flexibility index (Phi) is 8.88. The standard InChI is InChI=1S/C24H31N3O2.ClH/c1-18-8-10-20(11-9-18)23(29)27-21(19-6-4-3-5-7-19)16-22(28)26-17-24(2)12-14-25-15-13-24;/h3-11,21,25H,12-17H2,1-2H3,(H,26,28)(H,27,29);1H. The highest BCUT2D eigenvalue weighted by atomic mass is 35.5. The summed E-state index contributed by atoms with van der Waals surface area (Å²) in [7, 11) is 0. The van der Waals surface area contributed by atoms with Crippen LogP contribution in [0.4, 0.5) is 0 Å². The van der Waals surface area contributed by atoms with E-state index >= 15 is 0 Å². The van der Waals surface area contributed by atoms with Crippen molar-refractivity contribution >= 4 is 24.2 Å². The van der Waals surface area contributed by atoms with Crippen molar-refractivity contribution in [2.45, 2.75) is 39.2 Å². The average Bonchev–Trinajstić information content (AvgIpc) is 2.73. The number of aryl methyl sites for hydroxylation is 1. The molecular formula is C24H32ClN3O2. The maximum Gasteiger partial charge on any atom is 0.251 e. The number of hydrogen-bond acceptors (Lipinski definition) is 3. The predicted molar refractivity (Wildman–Crippen MR) is 123 cm³/mol. The van der Waals surface area contributed by atoms with Crippen LogP contribution in [0, 0.1) is 12.3 Å². The van der Waals surface area contributed by atoms with Crippen molar-refractivity contribution in [2.24, 2.45) is 5.41 Å². The van der Waals surface area contributed by atoms with E-state index in [2.05, 4.69) is 22.9 Å². The van der Waals surface area contributed by atoms with Gasteiger partial charge in [0.15, 0.2) is 0 Å². The fraction of sp³-hybridized carbons (Fsp3) is 0.417. The Bertz CT molecular complexity index is 818. The third-order valence-electron chi connectivity index (χ3n) is 5.73. The van der Waals surface area contributed by atoms with Crippen molar-refractivity contribution in [3.8, 4) is 0 Å². The van der Waals surface area contributed by atoms with Gasteiger partial charge in [0.05, 0.1) is 12.5 Å². The quantitative estimate of drug-likeness (QED) is 0.627. The molecule has 3 rings (SSSR count). The minimum absolute atomic E-state index is 0. The van der Waals surface area contributed by atoms with Crippen LogP contribution in [0.2, 0.25) is 0 Å². The van der Waals surface area contributed by atoms with E-state index in [1.54, 1.807) is 0 Å². The van der Waals surface area contributed by atoms with Crippen LogP contribution in [-0.2, 0) is 4.79 Å². The molecule has 3 N–H and O–H groups in total. The molecule has 0 saturated carbocycles. The van der Waals surface area contributed by atoms with Crippen LogP contribution in [0.1, 0.15) is 53.7 Å². The summed E-state index contributed by atoms with van der Waals surface area (Å²) < 4.78 is 0. The molecule has 0 spiro atoms. The zero-order valence-electron chi connectivity index (χ0n) is 17.7. The lowest BCUT2D eigenvalue weighted by Crippen LogP contribution is -2.43. The van der Waals surface area contributed by atoms with E-state index in [0.717, 1.165) is 37.1 Å². The number of carbonyl (C=O) groups excluding carboxylic acids is 2. The molecule has 0 aromatic heterocycles. The molecular weight excluding hydrogens is 398 g/mol. The molecule has 1 heterocycles. The second-order valence-corrected chi connectivity index (χ2v) is 8.34. The van der Waals surface area contributed by atoms with Gasteiger partial charge >= 0.3 is 0 Å². The monoisotopic (exact) mass is 429 g/mol. The summed E-state index contributed by atoms with van der Waals surface area (Å²) in [6, 6.07) is 16.8. The van der Waals surface area contributed by atoms with E-state index in [9.17, 15) is 9.59 Å². The zero-order valence-corrected chi connectivity index (χ0v) is 18.6. The van der Waals surface area contributed by atoms with Crippen LogP contribution in [-0.4, -0.2) is 31.4 Å². The van der Waals surface area contributed by atoms with Crippen LogP contribution in [0.3, 0.4) is 0 Å². The normalized spacial score (nSPS) is 16.1. The van der Waals surface area contributed by atoms with E-state index in [4.69, 9.17) is 0 Å². The summed E-state index contributed by atoms with van der Waals surface area (Å²) in [5.74, 6) is -0.209. The number of rotatable bonds is 7. The topological polar surface area (TPSA) is 70.2 Å². The molecule has 6 heteroatoms. The molecule has 1 saturated heterocycles. The highest BCUT2D eigenvalue weighted by Crippen LogP contribution is 2.27. The van der Waals surface area contributed by atoms with E-state index in [0.29, 0.717) is 12.1 Å². The zero-order chi connectivity index (χ0) is 20.7. The summed E-state index contributed by atoms with van der Waals surface area (Å²) >= 11 is 0. The summed E-state index contributed by atoms with van der Waals surface area (Å²) in [4.78, 5) is 25.4. The van der Waals surface area contributed by atoms with E-state index in [-0.39, 0.29) is 42.1 Å². The lowest BCUT2D eigenvalue weighted by Gasteiger charge is -2.34. The second kappa shape index (κ2) is 11.1. The average molecular weight is 430 g/mol. The minimum atomic E-state index is -0.370. The molecule has 2 amide bonds. The largest absolute Gasteiger partial charge is 0.355 e. The molecule has 1 aliphatic heterocycles. The predicted octanol–water partition coefficient (Wildman–Crippen LogP) is 3.78. The van der Waals surface area contributed by atoms with Crippen molar-refractivity contribution in [3.63, 3.8) is 0 Å². The SMILES string of the molecule is Cc1ccc(C(=O)NC(CC(=O)NCC2(C)CCNCC2)c2ccccc2)cc1.Cl. The number of benzene rings is 2. The first-order chi connectivity index (χ1) is 14.0.